The lowest BCUT2D eigenvalue weighted by Crippen LogP contribution is -2.31. The lowest BCUT2D eigenvalue weighted by molar-refractivity contribution is -0.121. The van der Waals surface area contributed by atoms with Gasteiger partial charge in [-0.15, -0.1) is 0 Å². The number of amides is 1. The number of nitrogens with one attached hydrogen (secondary N) is 2. The molecule has 1 aromatic rings. The van der Waals surface area contributed by atoms with Gasteiger partial charge >= 0.3 is 0 Å². The smallest absolute Gasteiger partial charge is 0.221 e. The van der Waals surface area contributed by atoms with Crippen LogP contribution in [0.4, 0.5) is 5.69 Å². The number of carbonyl (C=O) groups is 1. The summed E-state index contributed by atoms with van der Waals surface area (Å²) in [5, 5.41) is 6.09. The van der Waals surface area contributed by atoms with Crippen LogP contribution >= 0.6 is 0 Å². The minimum atomic E-state index is 0.0573. The van der Waals surface area contributed by atoms with Gasteiger partial charge in [-0.05, 0) is 26.0 Å². The molecule has 1 aromatic carbocycles. The Labute approximate surface area is 119 Å². The van der Waals surface area contributed by atoms with Crippen LogP contribution in [0.15, 0.2) is 18.2 Å². The second-order valence-electron chi connectivity index (χ2n) is 5.11. The SMILES string of the molecule is CC(C)NC(=O)CCNc1ccc2c(c1)OCCCO2. The summed E-state index contributed by atoms with van der Waals surface area (Å²) >= 11 is 0. The fraction of sp³-hybridized carbons (Fsp3) is 0.533. The lowest BCUT2D eigenvalue weighted by atomic mass is 10.2. The third kappa shape index (κ3) is 4.33. The van der Waals surface area contributed by atoms with E-state index in [2.05, 4.69) is 10.6 Å². The Bertz CT molecular complexity index is 460. The van der Waals surface area contributed by atoms with E-state index in [1.54, 1.807) is 0 Å². The summed E-state index contributed by atoms with van der Waals surface area (Å²) in [5.41, 5.74) is 0.937. The van der Waals surface area contributed by atoms with E-state index >= 15 is 0 Å². The summed E-state index contributed by atoms with van der Waals surface area (Å²) in [5.74, 6) is 1.60. The van der Waals surface area contributed by atoms with E-state index in [0.29, 0.717) is 26.2 Å². The Balaban J connectivity index is 1.84. The van der Waals surface area contributed by atoms with E-state index in [0.717, 1.165) is 23.6 Å². The molecule has 0 bridgehead atoms. The molecule has 0 atom stereocenters. The molecule has 2 N–H and O–H groups in total. The number of hydrogen-bond donors (Lipinski definition) is 2. The van der Waals surface area contributed by atoms with Crippen molar-refractivity contribution in [2.45, 2.75) is 32.7 Å². The highest BCUT2D eigenvalue weighted by Gasteiger charge is 2.10. The quantitative estimate of drug-likeness (QED) is 0.866. The van der Waals surface area contributed by atoms with Crippen LogP contribution in [0, 0.1) is 0 Å². The van der Waals surface area contributed by atoms with Crippen LogP contribution in [0.25, 0.3) is 0 Å². The maximum Gasteiger partial charge on any atom is 0.221 e. The van der Waals surface area contributed by atoms with E-state index in [9.17, 15) is 4.79 Å². The Hall–Kier alpha value is -1.91. The summed E-state index contributed by atoms with van der Waals surface area (Å²) in [6.07, 6.45) is 1.35. The van der Waals surface area contributed by atoms with Crippen molar-refractivity contribution in [1.29, 1.82) is 0 Å². The average Bonchev–Trinajstić information content (AvgIpc) is 2.62. The van der Waals surface area contributed by atoms with Crippen molar-refractivity contribution in [2.75, 3.05) is 25.1 Å². The minimum Gasteiger partial charge on any atom is -0.490 e. The largest absolute Gasteiger partial charge is 0.490 e. The first kappa shape index (κ1) is 14.5. The number of fused-ring (bicyclic) bond motifs is 1. The molecule has 1 heterocycles. The van der Waals surface area contributed by atoms with Crippen LogP contribution in [0.2, 0.25) is 0 Å². The van der Waals surface area contributed by atoms with Crippen LogP contribution in [-0.2, 0) is 4.79 Å². The molecular weight excluding hydrogens is 256 g/mol. The van der Waals surface area contributed by atoms with Crippen molar-refractivity contribution in [1.82, 2.24) is 5.32 Å². The highest BCUT2D eigenvalue weighted by Crippen LogP contribution is 2.32. The van der Waals surface area contributed by atoms with Crippen LogP contribution in [0.5, 0.6) is 11.5 Å². The summed E-state index contributed by atoms with van der Waals surface area (Å²) < 4.78 is 11.2. The molecule has 0 saturated heterocycles. The molecule has 0 spiro atoms. The van der Waals surface area contributed by atoms with Crippen molar-refractivity contribution < 1.29 is 14.3 Å². The number of carbonyl (C=O) groups excluding carboxylic acids is 1. The maximum absolute atomic E-state index is 11.5. The van der Waals surface area contributed by atoms with Crippen molar-refractivity contribution in [2.24, 2.45) is 0 Å². The van der Waals surface area contributed by atoms with E-state index in [1.165, 1.54) is 0 Å². The lowest BCUT2D eigenvalue weighted by Gasteiger charge is -2.12. The van der Waals surface area contributed by atoms with Crippen LogP contribution in [0.1, 0.15) is 26.7 Å². The van der Waals surface area contributed by atoms with Gasteiger partial charge in [0, 0.05) is 37.2 Å². The molecule has 0 saturated carbocycles. The molecular formula is C15H22N2O3. The van der Waals surface area contributed by atoms with Gasteiger partial charge < -0.3 is 20.1 Å². The summed E-state index contributed by atoms with van der Waals surface area (Å²) in [7, 11) is 0. The van der Waals surface area contributed by atoms with Crippen LogP contribution < -0.4 is 20.1 Å². The van der Waals surface area contributed by atoms with Gasteiger partial charge in [-0.2, -0.15) is 0 Å². The van der Waals surface area contributed by atoms with Gasteiger partial charge in [0.15, 0.2) is 11.5 Å². The number of rotatable bonds is 5. The normalized spacial score (nSPS) is 13.8. The van der Waals surface area contributed by atoms with E-state index in [-0.39, 0.29) is 11.9 Å². The Morgan fingerprint density at radius 1 is 1.25 bits per heavy atom. The highest BCUT2D eigenvalue weighted by molar-refractivity contribution is 5.76. The van der Waals surface area contributed by atoms with Gasteiger partial charge in [0.2, 0.25) is 5.91 Å². The molecule has 0 aromatic heterocycles. The van der Waals surface area contributed by atoms with Crippen molar-refractivity contribution >= 4 is 11.6 Å². The molecule has 0 aliphatic carbocycles. The first-order valence-electron chi connectivity index (χ1n) is 7.08. The Morgan fingerprint density at radius 3 is 2.75 bits per heavy atom. The third-order valence-electron chi connectivity index (χ3n) is 2.88. The molecule has 110 valence electrons. The topological polar surface area (TPSA) is 59.6 Å². The van der Waals surface area contributed by atoms with Crippen molar-refractivity contribution in [3.63, 3.8) is 0 Å². The number of ether oxygens (including phenoxy) is 2. The zero-order chi connectivity index (χ0) is 14.4. The molecule has 0 fully saturated rings. The molecule has 0 radical (unpaired) electrons. The van der Waals surface area contributed by atoms with Crippen LogP contribution in [0.3, 0.4) is 0 Å². The zero-order valence-electron chi connectivity index (χ0n) is 12.1. The molecule has 1 amide bonds. The molecule has 5 heteroatoms. The van der Waals surface area contributed by atoms with Gasteiger partial charge in [0.25, 0.3) is 0 Å². The Morgan fingerprint density at radius 2 is 2.00 bits per heavy atom. The molecule has 20 heavy (non-hydrogen) atoms. The predicted octanol–water partition coefficient (Wildman–Crippen LogP) is 2.17. The van der Waals surface area contributed by atoms with Crippen LogP contribution in [-0.4, -0.2) is 31.7 Å². The van der Waals surface area contributed by atoms with E-state index in [4.69, 9.17) is 9.47 Å². The summed E-state index contributed by atoms with van der Waals surface area (Å²) in [6.45, 7) is 5.87. The standard InChI is InChI=1S/C15H22N2O3/c1-11(2)17-15(18)6-7-16-12-4-5-13-14(10-12)20-9-3-8-19-13/h4-5,10-11,16H,3,6-9H2,1-2H3,(H,17,18). The first-order chi connectivity index (χ1) is 9.65. The molecule has 2 rings (SSSR count). The zero-order valence-corrected chi connectivity index (χ0v) is 12.1. The van der Waals surface area contributed by atoms with E-state index < -0.39 is 0 Å². The van der Waals surface area contributed by atoms with Gasteiger partial charge in [0.05, 0.1) is 13.2 Å². The highest BCUT2D eigenvalue weighted by atomic mass is 16.5. The van der Waals surface area contributed by atoms with Gasteiger partial charge in [-0.25, -0.2) is 0 Å². The van der Waals surface area contributed by atoms with Gasteiger partial charge in [-0.3, -0.25) is 4.79 Å². The van der Waals surface area contributed by atoms with E-state index in [1.807, 2.05) is 32.0 Å². The number of anilines is 1. The average molecular weight is 278 g/mol. The fourth-order valence-corrected chi connectivity index (χ4v) is 1.99. The second-order valence-corrected chi connectivity index (χ2v) is 5.11. The van der Waals surface area contributed by atoms with Crippen molar-refractivity contribution in [3.05, 3.63) is 18.2 Å². The van der Waals surface area contributed by atoms with Crippen molar-refractivity contribution in [3.8, 4) is 11.5 Å². The number of hydrogen-bond acceptors (Lipinski definition) is 4. The number of benzene rings is 1. The molecule has 0 unspecified atom stereocenters. The first-order valence-corrected chi connectivity index (χ1v) is 7.08. The Kier molecular flexibility index (Phi) is 5.09. The summed E-state index contributed by atoms with van der Waals surface area (Å²) in [4.78, 5) is 11.5. The molecule has 5 nitrogen and oxygen atoms in total. The minimum absolute atomic E-state index is 0.0573. The third-order valence-corrected chi connectivity index (χ3v) is 2.88. The van der Waals surface area contributed by atoms with Gasteiger partial charge in [-0.1, -0.05) is 0 Å². The molecule has 1 aliphatic heterocycles. The predicted molar refractivity (Wildman–Crippen MR) is 78.4 cm³/mol. The maximum atomic E-state index is 11.5. The summed E-state index contributed by atoms with van der Waals surface area (Å²) in [6, 6.07) is 5.94. The molecule has 1 aliphatic rings. The van der Waals surface area contributed by atoms with Gasteiger partial charge in [0.1, 0.15) is 0 Å². The monoisotopic (exact) mass is 278 g/mol. The second kappa shape index (κ2) is 7.03. The fourth-order valence-electron chi connectivity index (χ4n) is 1.99.